The van der Waals surface area contributed by atoms with Crippen LogP contribution in [0.25, 0.3) is 0 Å². The van der Waals surface area contributed by atoms with Crippen LogP contribution in [0.2, 0.25) is 5.02 Å². The number of pyridine rings is 1. The first kappa shape index (κ1) is 30.0. The van der Waals surface area contributed by atoms with E-state index < -0.39 is 34.5 Å². The highest BCUT2D eigenvalue weighted by Gasteiger charge is 2.20. The summed E-state index contributed by atoms with van der Waals surface area (Å²) < 4.78 is 37.1. The normalized spacial score (nSPS) is 10.8. The molecule has 1 aromatic heterocycles. The van der Waals surface area contributed by atoms with Crippen LogP contribution in [-0.4, -0.2) is 57.4 Å². The molecule has 40 heavy (non-hydrogen) atoms. The number of amides is 4. The smallest absolute Gasteiger partial charge is 0.420 e. The molecule has 0 unspecified atom stereocenters. The number of halogens is 1. The molecule has 15 heteroatoms. The van der Waals surface area contributed by atoms with Crippen LogP contribution in [0, 0.1) is 0 Å². The molecule has 3 rings (SSSR count). The van der Waals surface area contributed by atoms with Crippen LogP contribution in [0.1, 0.15) is 26.3 Å². The van der Waals surface area contributed by atoms with Gasteiger partial charge in [0.05, 0.1) is 34.7 Å². The van der Waals surface area contributed by atoms with E-state index in [9.17, 15) is 27.6 Å². The van der Waals surface area contributed by atoms with Crippen LogP contribution in [0.5, 0.6) is 11.6 Å². The number of benzene rings is 2. The molecule has 0 saturated carbocycles. The van der Waals surface area contributed by atoms with E-state index in [-0.39, 0.29) is 39.4 Å². The van der Waals surface area contributed by atoms with E-state index >= 15 is 0 Å². The average molecular weight is 590 g/mol. The number of carbonyl (C=O) groups is 4. The topological polar surface area (TPSA) is 196 Å². The van der Waals surface area contributed by atoms with Gasteiger partial charge in [0.2, 0.25) is 11.8 Å². The Morgan fingerprint density at radius 2 is 1.73 bits per heavy atom. The maximum Gasteiger partial charge on any atom is 0.420 e. The summed E-state index contributed by atoms with van der Waals surface area (Å²) in [7, 11) is -2.74. The van der Waals surface area contributed by atoms with E-state index in [0.717, 1.165) is 17.8 Å². The van der Waals surface area contributed by atoms with E-state index in [4.69, 9.17) is 26.8 Å². The monoisotopic (exact) mass is 589 g/mol. The van der Waals surface area contributed by atoms with Gasteiger partial charge in [-0.3, -0.25) is 19.7 Å². The number of imide groups is 1. The van der Waals surface area contributed by atoms with Crippen molar-refractivity contribution < 1.29 is 37.1 Å². The van der Waals surface area contributed by atoms with Gasteiger partial charge in [0.15, 0.2) is 0 Å². The molecular weight excluding hydrogens is 566 g/mol. The molecule has 0 fully saturated rings. The Kier molecular flexibility index (Phi) is 10.1. The average Bonchev–Trinajstić information content (AvgIpc) is 2.93. The molecular formula is C25H24ClN5O8S. The second-order valence-electron chi connectivity index (χ2n) is 7.96. The number of nitrogens with two attached hydrogens (primary N) is 1. The third kappa shape index (κ3) is 8.23. The zero-order valence-corrected chi connectivity index (χ0v) is 22.5. The molecule has 0 atom stereocenters. The summed E-state index contributed by atoms with van der Waals surface area (Å²) in [5.41, 5.74) is 5.95. The minimum Gasteiger partial charge on any atom is -0.497 e. The molecule has 0 aliphatic rings. The van der Waals surface area contributed by atoms with Crippen molar-refractivity contribution in [2.24, 2.45) is 5.73 Å². The second kappa shape index (κ2) is 13.5. The van der Waals surface area contributed by atoms with E-state index in [1.807, 2.05) is 10.0 Å². The van der Waals surface area contributed by atoms with Crippen molar-refractivity contribution in [3.63, 3.8) is 0 Å². The van der Waals surface area contributed by atoms with Crippen LogP contribution >= 0.6 is 11.6 Å². The number of hydrogen-bond acceptors (Lipinski definition) is 10. The van der Waals surface area contributed by atoms with Crippen molar-refractivity contribution in [2.45, 2.75) is 11.3 Å². The van der Waals surface area contributed by atoms with Crippen LogP contribution in [-0.2, 0) is 21.2 Å². The third-order valence-electron chi connectivity index (χ3n) is 5.20. The van der Waals surface area contributed by atoms with Gasteiger partial charge >= 0.3 is 6.09 Å². The maximum absolute atomic E-state index is 12.7. The van der Waals surface area contributed by atoms with Crippen LogP contribution in [0.4, 0.5) is 4.79 Å². The fourth-order valence-corrected chi connectivity index (χ4v) is 4.33. The fourth-order valence-electron chi connectivity index (χ4n) is 3.16. The van der Waals surface area contributed by atoms with Crippen LogP contribution in [0.3, 0.4) is 0 Å². The number of aromatic nitrogens is 1. The molecule has 2 aromatic carbocycles. The molecule has 210 valence electrons. The van der Waals surface area contributed by atoms with Gasteiger partial charge in [-0.1, -0.05) is 23.7 Å². The summed E-state index contributed by atoms with van der Waals surface area (Å²) in [6.45, 7) is -0.162. The van der Waals surface area contributed by atoms with E-state index in [0.29, 0.717) is 12.2 Å². The molecule has 0 radical (unpaired) electrons. The SMILES string of the molecule is COc1ccc(Cl)c(C(=O)NCCc2ccc(S(=O)(=O)NC(=O)c3ccc(OC(=O)NC(=O)CN)nc3)cc2)c1. The summed E-state index contributed by atoms with van der Waals surface area (Å²) in [4.78, 5) is 51.0. The van der Waals surface area contributed by atoms with Gasteiger partial charge in [-0.15, -0.1) is 0 Å². The Balaban J connectivity index is 1.54. The lowest BCUT2D eigenvalue weighted by molar-refractivity contribution is -0.118. The number of methoxy groups -OCH3 is 1. The number of hydrogen-bond donors (Lipinski definition) is 4. The first-order chi connectivity index (χ1) is 19.0. The molecule has 1 heterocycles. The van der Waals surface area contributed by atoms with Crippen molar-refractivity contribution >= 4 is 45.4 Å². The van der Waals surface area contributed by atoms with Gasteiger partial charge in [0.1, 0.15) is 5.75 Å². The summed E-state index contributed by atoms with van der Waals surface area (Å²) in [5.74, 6) is -1.86. The molecule has 0 aliphatic heterocycles. The zero-order chi connectivity index (χ0) is 29.3. The van der Waals surface area contributed by atoms with Crippen molar-refractivity contribution in [3.8, 4) is 11.6 Å². The van der Waals surface area contributed by atoms with Crippen molar-refractivity contribution in [1.82, 2.24) is 20.3 Å². The molecule has 0 saturated heterocycles. The Morgan fingerprint density at radius 1 is 1.00 bits per heavy atom. The largest absolute Gasteiger partial charge is 0.497 e. The molecule has 5 N–H and O–H groups in total. The van der Waals surface area contributed by atoms with Crippen molar-refractivity contribution in [3.05, 3.63) is 82.5 Å². The first-order valence-electron chi connectivity index (χ1n) is 11.5. The van der Waals surface area contributed by atoms with E-state index in [1.54, 1.807) is 24.3 Å². The maximum atomic E-state index is 12.7. The highest BCUT2D eigenvalue weighted by Crippen LogP contribution is 2.22. The summed E-state index contributed by atoms with van der Waals surface area (Å²) in [6, 6.07) is 12.8. The Hall–Kier alpha value is -4.53. The summed E-state index contributed by atoms with van der Waals surface area (Å²) in [5, 5.41) is 4.87. The fraction of sp³-hybridized carbons (Fsp3) is 0.160. The van der Waals surface area contributed by atoms with Crippen molar-refractivity contribution in [2.75, 3.05) is 20.2 Å². The molecule has 13 nitrogen and oxygen atoms in total. The van der Waals surface area contributed by atoms with Gasteiger partial charge in [-0.25, -0.2) is 22.9 Å². The van der Waals surface area contributed by atoms with Crippen molar-refractivity contribution in [1.29, 1.82) is 0 Å². The minimum atomic E-state index is -4.22. The predicted molar refractivity (Wildman–Crippen MR) is 143 cm³/mol. The Bertz CT molecular complexity index is 1510. The Labute approximate surface area is 234 Å². The van der Waals surface area contributed by atoms with Gasteiger partial charge in [0, 0.05) is 18.8 Å². The zero-order valence-electron chi connectivity index (χ0n) is 21.0. The molecule has 0 bridgehead atoms. The molecule has 3 aromatic rings. The number of nitrogens with zero attached hydrogens (tertiary/aromatic N) is 1. The quantitative estimate of drug-likeness (QED) is 0.268. The Morgan fingerprint density at radius 3 is 2.35 bits per heavy atom. The number of sulfonamides is 1. The number of carbonyl (C=O) groups excluding carboxylic acids is 4. The van der Waals surface area contributed by atoms with Crippen LogP contribution in [0.15, 0.2) is 65.7 Å². The van der Waals surface area contributed by atoms with Gasteiger partial charge < -0.3 is 20.5 Å². The van der Waals surface area contributed by atoms with Gasteiger partial charge in [0.25, 0.3) is 21.8 Å². The van der Waals surface area contributed by atoms with E-state index in [2.05, 4.69) is 10.3 Å². The van der Waals surface area contributed by atoms with Gasteiger partial charge in [-0.2, -0.15) is 0 Å². The second-order valence-corrected chi connectivity index (χ2v) is 10.0. The highest BCUT2D eigenvalue weighted by molar-refractivity contribution is 7.90. The lowest BCUT2D eigenvalue weighted by atomic mass is 10.1. The lowest BCUT2D eigenvalue weighted by Gasteiger charge is -2.10. The molecule has 4 amide bonds. The third-order valence-corrected chi connectivity index (χ3v) is 6.88. The summed E-state index contributed by atoms with van der Waals surface area (Å²) in [6.07, 6.45) is 0.280. The standard InChI is InChI=1S/C25H24ClN5O8S/c1-38-17-5-8-20(26)19(12-17)24(34)28-11-10-15-2-6-18(7-3-15)40(36,37)31-23(33)16-4-9-22(29-14-16)39-25(35)30-21(32)13-27/h2-9,12,14H,10-11,13,27H2,1H3,(H,28,34)(H,31,33)(H,30,32,35). The van der Waals surface area contributed by atoms with E-state index in [1.165, 1.54) is 31.4 Å². The number of rotatable bonds is 10. The summed E-state index contributed by atoms with van der Waals surface area (Å²) >= 11 is 6.08. The number of ether oxygens (including phenoxy) is 2. The minimum absolute atomic E-state index is 0.127. The first-order valence-corrected chi connectivity index (χ1v) is 13.3. The molecule has 0 spiro atoms. The predicted octanol–water partition coefficient (Wildman–Crippen LogP) is 1.41. The van der Waals surface area contributed by atoms with Crippen LogP contribution < -0.4 is 30.6 Å². The molecule has 0 aliphatic carbocycles. The van der Waals surface area contributed by atoms with Gasteiger partial charge in [-0.05, 0) is 48.4 Å². The lowest BCUT2D eigenvalue weighted by Crippen LogP contribution is -2.37. The number of nitrogens with one attached hydrogen (secondary N) is 3. The highest BCUT2D eigenvalue weighted by atomic mass is 35.5.